The summed E-state index contributed by atoms with van der Waals surface area (Å²) >= 11 is 1.58. The molecule has 6 aliphatic rings. The molecule has 40 heavy (non-hydrogen) atoms. The fraction of sp³-hybridized carbons (Fsp3) is 0.618. The maximum absolute atomic E-state index is 14.7. The Morgan fingerprint density at radius 3 is 2.55 bits per heavy atom. The van der Waals surface area contributed by atoms with Crippen molar-refractivity contribution in [1.82, 2.24) is 4.90 Å². The predicted molar refractivity (Wildman–Crippen MR) is 159 cm³/mol. The van der Waals surface area contributed by atoms with Crippen LogP contribution in [0.2, 0.25) is 0 Å². The number of ketones is 1. The number of thiophene rings is 1. The zero-order valence-electron chi connectivity index (χ0n) is 24.0. The Morgan fingerprint density at radius 2 is 1.77 bits per heavy atom. The van der Waals surface area contributed by atoms with Gasteiger partial charge in [-0.1, -0.05) is 50.3 Å². The normalized spacial score (nSPS) is 43.5. The molecule has 2 bridgehead atoms. The Hall–Kier alpha value is -1.83. The highest BCUT2D eigenvalue weighted by Gasteiger charge is 2.74. The quantitative estimate of drug-likeness (QED) is 0.316. The van der Waals surface area contributed by atoms with Crippen LogP contribution in [0.4, 0.5) is 0 Å². The smallest absolute Gasteiger partial charge is 0.199 e. The predicted octanol–water partition coefficient (Wildman–Crippen LogP) is 5.60. The van der Waals surface area contributed by atoms with Crippen LogP contribution in [0.1, 0.15) is 68.5 Å². The lowest BCUT2D eigenvalue weighted by atomic mass is 9.32. The number of aliphatic hydroxyl groups excluding tert-OH is 2. The molecular formula is C34H43NO4S. The molecule has 1 heterocycles. The summed E-state index contributed by atoms with van der Waals surface area (Å²) in [6.07, 6.45) is 12.6. The van der Waals surface area contributed by atoms with Crippen molar-refractivity contribution in [2.24, 2.45) is 33.5 Å². The van der Waals surface area contributed by atoms with Crippen LogP contribution < -0.4 is 0 Å². The number of Topliss-reactive ketones (excluding diaryl/α,β-unsaturated/α-hetero) is 1. The number of carbonyl (C=O) groups is 1. The minimum absolute atomic E-state index is 0.0271. The van der Waals surface area contributed by atoms with E-state index in [1.54, 1.807) is 11.3 Å². The average molecular weight is 562 g/mol. The molecule has 0 radical (unpaired) electrons. The summed E-state index contributed by atoms with van der Waals surface area (Å²) in [7, 11) is 1.98. The van der Waals surface area contributed by atoms with Crippen molar-refractivity contribution in [1.29, 1.82) is 0 Å². The molecule has 2 aromatic rings. The molecule has 8 atom stereocenters. The number of carbonyl (C=O) groups excluding carboxylic acids is 1. The minimum atomic E-state index is -0.878. The first-order chi connectivity index (χ1) is 19.0. The van der Waals surface area contributed by atoms with Gasteiger partial charge in [-0.25, -0.2) is 0 Å². The van der Waals surface area contributed by atoms with E-state index in [9.17, 15) is 20.1 Å². The molecule has 0 amide bonds. The first-order valence-corrected chi connectivity index (χ1v) is 16.0. The largest absolute Gasteiger partial charge is 0.395 e. The van der Waals surface area contributed by atoms with Crippen LogP contribution in [0.15, 0.2) is 54.1 Å². The van der Waals surface area contributed by atoms with Crippen molar-refractivity contribution in [3.8, 4) is 0 Å². The van der Waals surface area contributed by atoms with Gasteiger partial charge in [0.25, 0.3) is 0 Å². The number of likely N-dealkylation sites (N-methyl/N-ethyl adjacent to an activating group) is 1. The minimum Gasteiger partial charge on any atom is -0.395 e. The fourth-order valence-corrected chi connectivity index (χ4v) is 11.5. The van der Waals surface area contributed by atoms with Gasteiger partial charge in [0.1, 0.15) is 0 Å². The molecule has 1 aromatic heterocycles. The molecule has 6 heteroatoms. The molecule has 1 unspecified atom stereocenters. The SMILES string of the molecule is CN(CCO)C[C@]1(O)CC[C@H]2[C@]34C=C[C@@]5(C=C3C(=O)c3cc6ccccc6s3)CC(O)CC[C@]5(C)[C@H]4CC[C@@]21C. The summed E-state index contributed by atoms with van der Waals surface area (Å²) in [5.41, 5.74) is -1.08. The summed E-state index contributed by atoms with van der Waals surface area (Å²) in [6.45, 7) is 5.85. The van der Waals surface area contributed by atoms with E-state index in [2.05, 4.69) is 55.2 Å². The van der Waals surface area contributed by atoms with Gasteiger partial charge in [0, 0.05) is 39.6 Å². The Labute approximate surface area is 241 Å². The van der Waals surface area contributed by atoms with E-state index in [0.29, 0.717) is 31.8 Å². The topological polar surface area (TPSA) is 81.0 Å². The molecule has 3 fully saturated rings. The molecule has 0 saturated heterocycles. The number of benzene rings is 1. The third-order valence-corrected chi connectivity index (χ3v) is 13.7. The molecule has 214 valence electrons. The molecule has 2 spiro atoms. The van der Waals surface area contributed by atoms with E-state index in [-0.39, 0.29) is 40.7 Å². The van der Waals surface area contributed by atoms with Crippen LogP contribution in [0.25, 0.3) is 10.1 Å². The van der Waals surface area contributed by atoms with Crippen molar-refractivity contribution in [3.05, 3.63) is 59.0 Å². The summed E-state index contributed by atoms with van der Waals surface area (Å²) in [5, 5.41) is 33.9. The van der Waals surface area contributed by atoms with Crippen molar-refractivity contribution >= 4 is 27.2 Å². The standard InChI is InChI=1S/C34H43NO4S/c1-30-11-8-23(37)19-32(30)14-15-34(24(20-32)29(38)26-18-22-6-4-5-7-25(22)40-26)27(30)9-12-31(2)28(34)10-13-33(31,39)21-35(3)16-17-36/h4-7,14-15,18,20,23,27-28,36-37,39H,8-13,16-17,19,21H2,1-3H3/t23?,27-,28-,30-,31+,32+,33-,34-/m1/s1. The Bertz CT molecular complexity index is 1400. The lowest BCUT2D eigenvalue weighted by molar-refractivity contribution is -0.175. The van der Waals surface area contributed by atoms with Gasteiger partial charge in [-0.3, -0.25) is 4.79 Å². The first-order valence-electron chi connectivity index (χ1n) is 15.2. The average Bonchev–Trinajstić information content (AvgIpc) is 3.47. The Morgan fingerprint density at radius 1 is 1.05 bits per heavy atom. The van der Waals surface area contributed by atoms with E-state index in [4.69, 9.17) is 0 Å². The van der Waals surface area contributed by atoms with Crippen LogP contribution in [-0.4, -0.2) is 64.5 Å². The number of hydrogen-bond acceptors (Lipinski definition) is 6. The monoisotopic (exact) mass is 561 g/mol. The maximum Gasteiger partial charge on any atom is 0.199 e. The molecule has 0 aliphatic heterocycles. The van der Waals surface area contributed by atoms with Crippen LogP contribution in [0, 0.1) is 33.5 Å². The lowest BCUT2D eigenvalue weighted by Gasteiger charge is -2.71. The van der Waals surface area contributed by atoms with E-state index in [0.717, 1.165) is 52.6 Å². The second kappa shape index (κ2) is 8.84. The number of nitrogens with zero attached hydrogens (tertiary/aromatic N) is 1. The van der Waals surface area contributed by atoms with Crippen molar-refractivity contribution in [2.75, 3.05) is 26.7 Å². The fourth-order valence-electron chi connectivity index (χ4n) is 10.5. The van der Waals surface area contributed by atoms with Crippen LogP contribution >= 0.6 is 11.3 Å². The summed E-state index contributed by atoms with van der Waals surface area (Å²) in [6, 6.07) is 10.3. The van der Waals surface area contributed by atoms with Crippen LogP contribution in [0.5, 0.6) is 0 Å². The van der Waals surface area contributed by atoms with Gasteiger partial charge >= 0.3 is 0 Å². The van der Waals surface area contributed by atoms with Gasteiger partial charge in [0.2, 0.25) is 0 Å². The number of aliphatic hydroxyl groups is 3. The number of allylic oxidation sites excluding steroid dienone is 4. The Balaban J connectivity index is 1.39. The van der Waals surface area contributed by atoms with E-state index in [1.165, 1.54) is 0 Å². The molecule has 5 nitrogen and oxygen atoms in total. The highest BCUT2D eigenvalue weighted by Crippen LogP contribution is 2.78. The number of hydrogen-bond donors (Lipinski definition) is 3. The van der Waals surface area contributed by atoms with Crippen molar-refractivity contribution < 1.29 is 20.1 Å². The van der Waals surface area contributed by atoms with Crippen LogP contribution in [0.3, 0.4) is 0 Å². The highest BCUT2D eigenvalue weighted by atomic mass is 32.1. The Kier molecular flexibility index (Phi) is 5.97. The van der Waals surface area contributed by atoms with E-state index < -0.39 is 11.0 Å². The maximum atomic E-state index is 14.7. The van der Waals surface area contributed by atoms with Crippen LogP contribution in [-0.2, 0) is 0 Å². The summed E-state index contributed by atoms with van der Waals surface area (Å²) in [5.74, 6) is 0.578. The van der Waals surface area contributed by atoms with Gasteiger partial charge in [0.05, 0.1) is 23.2 Å². The molecule has 3 N–H and O–H groups in total. The van der Waals surface area contributed by atoms with Crippen molar-refractivity contribution in [3.63, 3.8) is 0 Å². The molecule has 1 aromatic carbocycles. The molecule has 3 saturated carbocycles. The van der Waals surface area contributed by atoms with Gasteiger partial charge in [-0.15, -0.1) is 11.3 Å². The van der Waals surface area contributed by atoms with Gasteiger partial charge in [-0.05, 0) is 86.8 Å². The lowest BCUT2D eigenvalue weighted by Crippen LogP contribution is -2.67. The molecule has 6 aliphatic carbocycles. The van der Waals surface area contributed by atoms with Gasteiger partial charge in [-0.2, -0.15) is 0 Å². The van der Waals surface area contributed by atoms with E-state index >= 15 is 0 Å². The third-order valence-electron chi connectivity index (χ3n) is 12.6. The zero-order valence-corrected chi connectivity index (χ0v) is 24.8. The highest BCUT2D eigenvalue weighted by molar-refractivity contribution is 7.21. The summed E-state index contributed by atoms with van der Waals surface area (Å²) in [4.78, 5) is 17.6. The third kappa shape index (κ3) is 3.32. The first kappa shape index (κ1) is 27.0. The molecular weight excluding hydrogens is 518 g/mol. The summed E-state index contributed by atoms with van der Waals surface area (Å²) < 4.78 is 1.13. The number of rotatable bonds is 6. The second-order valence-electron chi connectivity index (χ2n) is 14.2. The second-order valence-corrected chi connectivity index (χ2v) is 15.3. The van der Waals surface area contributed by atoms with Gasteiger partial charge < -0.3 is 20.2 Å². The molecule has 8 rings (SSSR count). The van der Waals surface area contributed by atoms with E-state index in [1.807, 2.05) is 19.2 Å². The number of fused-ring (bicyclic) bond motifs is 2. The zero-order chi connectivity index (χ0) is 28.1. The van der Waals surface area contributed by atoms with Crippen molar-refractivity contribution in [2.45, 2.75) is 70.5 Å². The van der Waals surface area contributed by atoms with Gasteiger partial charge in [0.15, 0.2) is 5.78 Å².